The van der Waals surface area contributed by atoms with Gasteiger partial charge in [-0.1, -0.05) is 19.0 Å². The highest BCUT2D eigenvalue weighted by molar-refractivity contribution is 5.84. The SMILES string of the molecule is CC(C)C(=O)N1CCCC(C(N)=NO)C1. The molecular formula is C10H19N3O2. The average Bonchev–Trinajstić information content (AvgIpc) is 2.27. The maximum absolute atomic E-state index is 11.7. The summed E-state index contributed by atoms with van der Waals surface area (Å²) in [5.74, 6) is 0.393. The third kappa shape index (κ3) is 2.84. The lowest BCUT2D eigenvalue weighted by Crippen LogP contribution is -2.45. The van der Waals surface area contributed by atoms with Crippen LogP contribution in [0, 0.1) is 11.8 Å². The van der Waals surface area contributed by atoms with Gasteiger partial charge >= 0.3 is 0 Å². The Morgan fingerprint density at radius 1 is 1.60 bits per heavy atom. The molecule has 0 bridgehead atoms. The molecule has 3 N–H and O–H groups in total. The molecule has 1 aliphatic heterocycles. The van der Waals surface area contributed by atoms with Gasteiger partial charge in [0.15, 0.2) is 0 Å². The molecule has 1 amide bonds. The molecule has 0 aromatic heterocycles. The van der Waals surface area contributed by atoms with Crippen molar-refractivity contribution in [3.63, 3.8) is 0 Å². The van der Waals surface area contributed by atoms with Gasteiger partial charge in [0.1, 0.15) is 5.84 Å². The first-order valence-electron chi connectivity index (χ1n) is 5.32. The third-order valence-corrected chi connectivity index (χ3v) is 2.76. The van der Waals surface area contributed by atoms with Gasteiger partial charge in [-0.05, 0) is 12.8 Å². The Kier molecular flexibility index (Phi) is 3.94. The van der Waals surface area contributed by atoms with Crippen molar-refractivity contribution in [2.45, 2.75) is 26.7 Å². The van der Waals surface area contributed by atoms with Crippen LogP contribution in [0.4, 0.5) is 0 Å². The summed E-state index contributed by atoms with van der Waals surface area (Å²) in [4.78, 5) is 13.5. The lowest BCUT2D eigenvalue weighted by atomic mass is 9.96. The second-order valence-corrected chi connectivity index (χ2v) is 4.30. The van der Waals surface area contributed by atoms with Crippen LogP contribution in [0.5, 0.6) is 0 Å². The number of hydrogen-bond donors (Lipinski definition) is 2. The van der Waals surface area contributed by atoms with Gasteiger partial charge in [0, 0.05) is 24.9 Å². The number of carbonyl (C=O) groups is 1. The Morgan fingerprint density at radius 2 is 2.27 bits per heavy atom. The number of likely N-dealkylation sites (tertiary alicyclic amines) is 1. The fourth-order valence-electron chi connectivity index (χ4n) is 1.87. The molecule has 86 valence electrons. The minimum Gasteiger partial charge on any atom is -0.409 e. The Hall–Kier alpha value is -1.26. The summed E-state index contributed by atoms with van der Waals surface area (Å²) in [6.07, 6.45) is 1.80. The zero-order chi connectivity index (χ0) is 11.4. The Balaban J connectivity index is 2.60. The number of amidine groups is 1. The van der Waals surface area contributed by atoms with Gasteiger partial charge in [-0.3, -0.25) is 4.79 Å². The molecule has 1 aliphatic rings. The van der Waals surface area contributed by atoms with E-state index in [2.05, 4.69) is 5.16 Å². The van der Waals surface area contributed by atoms with Crippen LogP contribution in [0.1, 0.15) is 26.7 Å². The molecule has 5 heteroatoms. The highest BCUT2D eigenvalue weighted by Gasteiger charge is 2.27. The molecule has 0 aliphatic carbocycles. The van der Waals surface area contributed by atoms with Gasteiger partial charge in [-0.2, -0.15) is 0 Å². The molecule has 1 fully saturated rings. The molecule has 1 atom stereocenters. The topological polar surface area (TPSA) is 78.9 Å². The quantitative estimate of drug-likeness (QED) is 0.305. The fourth-order valence-corrected chi connectivity index (χ4v) is 1.87. The Morgan fingerprint density at radius 3 is 2.80 bits per heavy atom. The first kappa shape index (κ1) is 11.8. The molecule has 1 rings (SSSR count). The molecule has 15 heavy (non-hydrogen) atoms. The van der Waals surface area contributed by atoms with Crippen molar-refractivity contribution in [1.29, 1.82) is 0 Å². The first-order chi connectivity index (χ1) is 7.06. The number of oxime groups is 1. The molecular weight excluding hydrogens is 194 g/mol. The number of nitrogens with zero attached hydrogens (tertiary/aromatic N) is 2. The van der Waals surface area contributed by atoms with E-state index in [1.54, 1.807) is 4.90 Å². The minimum atomic E-state index is 0.00597. The van der Waals surface area contributed by atoms with Crippen LogP contribution >= 0.6 is 0 Å². The number of amides is 1. The van der Waals surface area contributed by atoms with E-state index < -0.39 is 0 Å². The highest BCUT2D eigenvalue weighted by atomic mass is 16.4. The van der Waals surface area contributed by atoms with E-state index in [1.807, 2.05) is 13.8 Å². The predicted molar refractivity (Wildman–Crippen MR) is 57.6 cm³/mol. The minimum absolute atomic E-state index is 0.00597. The summed E-state index contributed by atoms with van der Waals surface area (Å²) < 4.78 is 0. The second kappa shape index (κ2) is 5.00. The first-order valence-corrected chi connectivity index (χ1v) is 5.32. The summed E-state index contributed by atoms with van der Waals surface area (Å²) in [6, 6.07) is 0. The van der Waals surface area contributed by atoms with Crippen molar-refractivity contribution in [3.05, 3.63) is 0 Å². The van der Waals surface area contributed by atoms with Crippen LogP contribution in [0.2, 0.25) is 0 Å². The molecule has 0 radical (unpaired) electrons. The molecule has 1 heterocycles. The third-order valence-electron chi connectivity index (χ3n) is 2.76. The second-order valence-electron chi connectivity index (χ2n) is 4.30. The standard InChI is InChI=1S/C10H19N3O2/c1-7(2)10(14)13-5-3-4-8(6-13)9(11)12-15/h7-8,15H,3-6H2,1-2H3,(H2,11,12). The van der Waals surface area contributed by atoms with Crippen LogP contribution in [0.15, 0.2) is 5.16 Å². The molecule has 1 unspecified atom stereocenters. The lowest BCUT2D eigenvalue weighted by molar-refractivity contribution is -0.135. The van der Waals surface area contributed by atoms with Crippen LogP contribution < -0.4 is 5.73 Å². The van der Waals surface area contributed by atoms with E-state index in [0.717, 1.165) is 19.4 Å². The van der Waals surface area contributed by atoms with Gasteiger partial charge in [-0.25, -0.2) is 0 Å². The molecule has 5 nitrogen and oxygen atoms in total. The summed E-state index contributed by atoms with van der Waals surface area (Å²) in [5.41, 5.74) is 5.55. The predicted octanol–water partition coefficient (Wildman–Crippen LogP) is 0.627. The monoisotopic (exact) mass is 213 g/mol. The summed E-state index contributed by atoms with van der Waals surface area (Å²) in [5, 5.41) is 11.6. The van der Waals surface area contributed by atoms with Crippen molar-refractivity contribution in [1.82, 2.24) is 4.90 Å². The van der Waals surface area contributed by atoms with E-state index in [1.165, 1.54) is 0 Å². The maximum atomic E-state index is 11.7. The van der Waals surface area contributed by atoms with Gasteiger partial charge in [0.2, 0.25) is 5.91 Å². The van der Waals surface area contributed by atoms with Crippen LogP contribution in [-0.2, 0) is 4.79 Å². The smallest absolute Gasteiger partial charge is 0.225 e. The van der Waals surface area contributed by atoms with Crippen LogP contribution in [-0.4, -0.2) is 34.9 Å². The van der Waals surface area contributed by atoms with Gasteiger partial charge in [0.05, 0.1) is 0 Å². The van der Waals surface area contributed by atoms with Crippen molar-refractivity contribution in [2.24, 2.45) is 22.7 Å². The zero-order valence-electron chi connectivity index (χ0n) is 9.31. The van der Waals surface area contributed by atoms with E-state index >= 15 is 0 Å². The summed E-state index contributed by atoms with van der Waals surface area (Å²) >= 11 is 0. The summed E-state index contributed by atoms with van der Waals surface area (Å²) in [7, 11) is 0. The molecule has 0 aromatic rings. The number of rotatable bonds is 2. The maximum Gasteiger partial charge on any atom is 0.225 e. The number of hydrogen-bond acceptors (Lipinski definition) is 3. The normalized spacial score (nSPS) is 23.3. The van der Waals surface area contributed by atoms with E-state index in [-0.39, 0.29) is 23.6 Å². The fraction of sp³-hybridized carbons (Fsp3) is 0.800. The Bertz CT molecular complexity index is 263. The molecule has 1 saturated heterocycles. The molecule has 0 saturated carbocycles. The van der Waals surface area contributed by atoms with E-state index in [0.29, 0.717) is 6.54 Å². The molecule has 0 spiro atoms. The van der Waals surface area contributed by atoms with Crippen LogP contribution in [0.3, 0.4) is 0 Å². The number of nitrogens with two attached hydrogens (primary N) is 1. The lowest BCUT2D eigenvalue weighted by Gasteiger charge is -2.33. The molecule has 0 aromatic carbocycles. The van der Waals surface area contributed by atoms with Crippen molar-refractivity contribution in [3.8, 4) is 0 Å². The van der Waals surface area contributed by atoms with E-state index in [9.17, 15) is 4.79 Å². The Labute approximate surface area is 89.9 Å². The van der Waals surface area contributed by atoms with Crippen LogP contribution in [0.25, 0.3) is 0 Å². The van der Waals surface area contributed by atoms with Crippen molar-refractivity contribution >= 4 is 11.7 Å². The van der Waals surface area contributed by atoms with Crippen molar-refractivity contribution in [2.75, 3.05) is 13.1 Å². The van der Waals surface area contributed by atoms with Gasteiger partial charge < -0.3 is 15.8 Å². The van der Waals surface area contributed by atoms with Crippen molar-refractivity contribution < 1.29 is 10.0 Å². The van der Waals surface area contributed by atoms with Gasteiger partial charge in [-0.15, -0.1) is 0 Å². The largest absolute Gasteiger partial charge is 0.409 e. The highest BCUT2D eigenvalue weighted by Crippen LogP contribution is 2.18. The number of piperidine rings is 1. The average molecular weight is 213 g/mol. The van der Waals surface area contributed by atoms with Gasteiger partial charge in [0.25, 0.3) is 0 Å². The number of carbonyl (C=O) groups excluding carboxylic acids is 1. The van der Waals surface area contributed by atoms with E-state index in [4.69, 9.17) is 10.9 Å². The summed E-state index contributed by atoms with van der Waals surface area (Å²) in [6.45, 7) is 5.13. The zero-order valence-corrected chi connectivity index (χ0v) is 9.31.